The molecule has 1 fully saturated rings. The summed E-state index contributed by atoms with van der Waals surface area (Å²) < 4.78 is 0. The lowest BCUT2D eigenvalue weighted by molar-refractivity contribution is -0.143. The summed E-state index contributed by atoms with van der Waals surface area (Å²) in [6, 6.07) is -2.48. The second-order valence-electron chi connectivity index (χ2n) is 3.53. The number of rotatable bonds is 4. The first-order chi connectivity index (χ1) is 7.47. The first kappa shape index (κ1) is 12.8. The van der Waals surface area contributed by atoms with Gasteiger partial charge in [-0.05, 0) is 0 Å². The molecular weight excluding hydrogens is 220 g/mol. The number of amides is 1. The van der Waals surface area contributed by atoms with Gasteiger partial charge in [-0.3, -0.25) is 4.79 Å². The maximum atomic E-state index is 11.5. The number of hydrogen-bond acceptors (Lipinski definition) is 6. The van der Waals surface area contributed by atoms with E-state index in [1.165, 1.54) is 0 Å². The van der Waals surface area contributed by atoms with Crippen LogP contribution in [0.5, 0.6) is 0 Å². The lowest BCUT2D eigenvalue weighted by Crippen LogP contribution is -2.53. The number of carboxylic acid groups (broad SMARTS) is 1. The first-order valence-corrected chi connectivity index (χ1v) is 4.71. The van der Waals surface area contributed by atoms with E-state index >= 15 is 0 Å². The second kappa shape index (κ2) is 5.21. The molecule has 0 bridgehead atoms. The number of β-amino-alcohol motifs (C(OH)–C–C–N with tert-alkyl or cyclic N) is 1. The van der Waals surface area contributed by atoms with Crippen molar-refractivity contribution in [3.05, 3.63) is 0 Å². The van der Waals surface area contributed by atoms with Gasteiger partial charge in [-0.2, -0.15) is 0 Å². The van der Waals surface area contributed by atoms with Gasteiger partial charge in [0.15, 0.2) is 0 Å². The fourth-order valence-electron chi connectivity index (χ4n) is 1.41. The van der Waals surface area contributed by atoms with Crippen LogP contribution in [0.3, 0.4) is 0 Å². The quantitative estimate of drug-likeness (QED) is 0.293. The number of nitrogens with one attached hydrogen (secondary N) is 2. The molecule has 0 aromatic heterocycles. The van der Waals surface area contributed by atoms with Crippen LogP contribution >= 0.6 is 0 Å². The number of carbonyl (C=O) groups is 2. The monoisotopic (exact) mass is 234 g/mol. The van der Waals surface area contributed by atoms with Gasteiger partial charge < -0.3 is 31.1 Å². The van der Waals surface area contributed by atoms with Crippen molar-refractivity contribution in [1.82, 2.24) is 10.6 Å². The van der Waals surface area contributed by atoms with Crippen LogP contribution in [-0.2, 0) is 9.59 Å². The molecule has 0 radical (unpaired) electrons. The molecule has 1 aliphatic rings. The molecule has 4 atom stereocenters. The van der Waals surface area contributed by atoms with E-state index in [0.717, 1.165) is 0 Å². The SMILES string of the molecule is O=C(O)C(CO)NC(=O)C1NCC(O)C1O. The van der Waals surface area contributed by atoms with Crippen LogP contribution in [0.1, 0.15) is 0 Å². The van der Waals surface area contributed by atoms with Gasteiger partial charge in [-0.15, -0.1) is 0 Å². The molecular formula is C8H14N2O6. The van der Waals surface area contributed by atoms with E-state index in [-0.39, 0.29) is 6.54 Å². The van der Waals surface area contributed by atoms with Crippen LogP contribution < -0.4 is 10.6 Å². The van der Waals surface area contributed by atoms with E-state index < -0.39 is 42.8 Å². The van der Waals surface area contributed by atoms with Crippen molar-refractivity contribution in [2.24, 2.45) is 0 Å². The molecule has 1 aliphatic heterocycles. The summed E-state index contributed by atoms with van der Waals surface area (Å²) in [5.41, 5.74) is 0. The minimum Gasteiger partial charge on any atom is -0.480 e. The Labute approximate surface area is 90.9 Å². The highest BCUT2D eigenvalue weighted by Gasteiger charge is 2.38. The van der Waals surface area contributed by atoms with Crippen molar-refractivity contribution in [3.8, 4) is 0 Å². The number of carboxylic acids is 1. The lowest BCUT2D eigenvalue weighted by atomic mass is 10.1. The second-order valence-corrected chi connectivity index (χ2v) is 3.53. The van der Waals surface area contributed by atoms with Gasteiger partial charge in [-0.25, -0.2) is 4.79 Å². The molecule has 1 heterocycles. The normalized spacial score (nSPS) is 31.1. The third-order valence-electron chi connectivity index (χ3n) is 2.36. The highest BCUT2D eigenvalue weighted by molar-refractivity contribution is 5.87. The zero-order chi connectivity index (χ0) is 12.3. The number of aliphatic hydroxyl groups excluding tert-OH is 3. The topological polar surface area (TPSA) is 139 Å². The van der Waals surface area contributed by atoms with Crippen LogP contribution in [0, 0.1) is 0 Å². The standard InChI is InChI=1S/C8H14N2O6/c11-2-3(8(15)16)10-7(14)5-6(13)4(12)1-9-5/h3-6,9,11-13H,1-2H2,(H,10,14)(H,15,16). The third-order valence-corrected chi connectivity index (χ3v) is 2.36. The Hall–Kier alpha value is -1.22. The van der Waals surface area contributed by atoms with Gasteiger partial charge in [0.05, 0.1) is 12.7 Å². The summed E-state index contributed by atoms with van der Waals surface area (Å²) in [6.07, 6.45) is -2.35. The molecule has 8 nitrogen and oxygen atoms in total. The van der Waals surface area contributed by atoms with Gasteiger partial charge in [0.2, 0.25) is 5.91 Å². The van der Waals surface area contributed by atoms with Crippen LogP contribution in [0.25, 0.3) is 0 Å². The van der Waals surface area contributed by atoms with E-state index in [2.05, 4.69) is 5.32 Å². The number of hydrogen-bond donors (Lipinski definition) is 6. The minimum absolute atomic E-state index is 0.0517. The average molecular weight is 234 g/mol. The van der Waals surface area contributed by atoms with Crippen LogP contribution in [0.15, 0.2) is 0 Å². The molecule has 0 aromatic rings. The Kier molecular flexibility index (Phi) is 4.19. The highest BCUT2D eigenvalue weighted by atomic mass is 16.4. The molecule has 92 valence electrons. The molecule has 1 amide bonds. The number of aliphatic hydroxyl groups is 3. The number of carbonyl (C=O) groups excluding carboxylic acids is 1. The van der Waals surface area contributed by atoms with Crippen LogP contribution in [-0.4, -0.2) is 69.7 Å². The summed E-state index contributed by atoms with van der Waals surface area (Å²) in [6.45, 7) is -0.692. The molecule has 1 rings (SSSR count). The van der Waals surface area contributed by atoms with Crippen molar-refractivity contribution in [2.75, 3.05) is 13.2 Å². The van der Waals surface area contributed by atoms with E-state index in [1.807, 2.05) is 5.32 Å². The lowest BCUT2D eigenvalue weighted by Gasteiger charge is -2.18. The van der Waals surface area contributed by atoms with E-state index in [4.69, 9.17) is 15.3 Å². The molecule has 16 heavy (non-hydrogen) atoms. The van der Waals surface area contributed by atoms with Crippen LogP contribution in [0.4, 0.5) is 0 Å². The zero-order valence-electron chi connectivity index (χ0n) is 8.33. The Balaban J connectivity index is 2.55. The maximum Gasteiger partial charge on any atom is 0.328 e. The number of aliphatic carboxylic acids is 1. The van der Waals surface area contributed by atoms with Crippen molar-refractivity contribution < 1.29 is 30.0 Å². The Morgan fingerprint density at radius 3 is 2.44 bits per heavy atom. The molecule has 0 aliphatic carbocycles. The molecule has 0 spiro atoms. The fraction of sp³-hybridized carbons (Fsp3) is 0.750. The summed E-state index contributed by atoms with van der Waals surface area (Å²) in [4.78, 5) is 22.0. The van der Waals surface area contributed by atoms with Gasteiger partial charge in [-0.1, -0.05) is 0 Å². The van der Waals surface area contributed by atoms with Gasteiger partial charge in [0, 0.05) is 6.54 Å². The van der Waals surface area contributed by atoms with Crippen molar-refractivity contribution in [1.29, 1.82) is 0 Å². The molecule has 0 aromatic carbocycles. The minimum atomic E-state index is -1.42. The molecule has 0 saturated carbocycles. The summed E-state index contributed by atoms with van der Waals surface area (Å²) >= 11 is 0. The molecule has 6 N–H and O–H groups in total. The van der Waals surface area contributed by atoms with Crippen molar-refractivity contribution in [3.63, 3.8) is 0 Å². The third kappa shape index (κ3) is 2.67. The Morgan fingerprint density at radius 1 is 1.44 bits per heavy atom. The van der Waals surface area contributed by atoms with E-state index in [1.54, 1.807) is 0 Å². The van der Waals surface area contributed by atoms with Crippen molar-refractivity contribution >= 4 is 11.9 Å². The largest absolute Gasteiger partial charge is 0.480 e. The molecule has 1 saturated heterocycles. The average Bonchev–Trinajstić information content (AvgIpc) is 2.55. The zero-order valence-corrected chi connectivity index (χ0v) is 8.33. The highest BCUT2D eigenvalue weighted by Crippen LogP contribution is 2.08. The van der Waals surface area contributed by atoms with Gasteiger partial charge in [0.1, 0.15) is 18.2 Å². The van der Waals surface area contributed by atoms with E-state index in [9.17, 15) is 14.7 Å². The molecule has 4 unspecified atom stereocenters. The Bertz CT molecular complexity index is 284. The molecule has 8 heteroatoms. The van der Waals surface area contributed by atoms with Gasteiger partial charge >= 0.3 is 5.97 Å². The predicted octanol–water partition coefficient (Wildman–Crippen LogP) is -3.76. The van der Waals surface area contributed by atoms with Crippen molar-refractivity contribution in [2.45, 2.75) is 24.3 Å². The summed E-state index contributed by atoms with van der Waals surface area (Å²) in [7, 11) is 0. The van der Waals surface area contributed by atoms with Crippen LogP contribution in [0.2, 0.25) is 0 Å². The Morgan fingerprint density at radius 2 is 2.06 bits per heavy atom. The van der Waals surface area contributed by atoms with Gasteiger partial charge in [0.25, 0.3) is 0 Å². The predicted molar refractivity (Wildman–Crippen MR) is 50.5 cm³/mol. The maximum absolute atomic E-state index is 11.5. The summed E-state index contributed by atoms with van der Waals surface area (Å²) in [5.74, 6) is -2.14. The van der Waals surface area contributed by atoms with E-state index in [0.29, 0.717) is 0 Å². The smallest absolute Gasteiger partial charge is 0.328 e. The first-order valence-electron chi connectivity index (χ1n) is 4.71. The summed E-state index contributed by atoms with van der Waals surface area (Å²) in [5, 5.41) is 40.4. The fourth-order valence-corrected chi connectivity index (χ4v) is 1.41.